The quantitative estimate of drug-likeness (QED) is 0.768. The Labute approximate surface area is 182 Å². The van der Waals surface area contributed by atoms with Gasteiger partial charge in [0.25, 0.3) is 5.56 Å². The normalized spacial score (nSPS) is 22.4. The monoisotopic (exact) mass is 418 g/mol. The van der Waals surface area contributed by atoms with Gasteiger partial charge >= 0.3 is 0 Å². The molecule has 1 aromatic heterocycles. The minimum Gasteiger partial charge on any atom is -0.342 e. The van der Waals surface area contributed by atoms with E-state index in [1.54, 1.807) is 0 Å². The number of carbonyl (C=O) groups is 1. The first kappa shape index (κ1) is 19.2. The summed E-state index contributed by atoms with van der Waals surface area (Å²) < 4.78 is 1.96. The Morgan fingerprint density at radius 3 is 2.61 bits per heavy atom. The van der Waals surface area contributed by atoms with Crippen LogP contribution in [0.5, 0.6) is 0 Å². The van der Waals surface area contributed by atoms with Gasteiger partial charge < -0.3 is 4.90 Å². The number of fused-ring (bicyclic) bond motifs is 2. The van der Waals surface area contributed by atoms with Gasteiger partial charge in [-0.15, -0.1) is 0 Å². The fourth-order valence-corrected chi connectivity index (χ4v) is 5.75. The van der Waals surface area contributed by atoms with Crippen molar-refractivity contribution in [1.82, 2.24) is 19.4 Å². The van der Waals surface area contributed by atoms with Gasteiger partial charge in [-0.25, -0.2) is 4.98 Å². The molecule has 4 heterocycles. The summed E-state index contributed by atoms with van der Waals surface area (Å²) in [5, 5.41) is 0. The van der Waals surface area contributed by atoms with Crippen LogP contribution in [0.4, 0.5) is 0 Å². The Balaban J connectivity index is 1.18. The molecule has 1 spiro atoms. The Morgan fingerprint density at radius 1 is 1.10 bits per heavy atom. The molecule has 31 heavy (non-hydrogen) atoms. The first-order valence-electron chi connectivity index (χ1n) is 11.8. The molecule has 2 aromatic rings. The maximum absolute atomic E-state index is 13.4. The number of benzene rings is 1. The molecule has 0 N–H and O–H groups in total. The zero-order valence-corrected chi connectivity index (χ0v) is 18.1. The van der Waals surface area contributed by atoms with Gasteiger partial charge in [0.1, 0.15) is 5.82 Å². The number of aromatic nitrogens is 2. The highest BCUT2D eigenvalue weighted by atomic mass is 16.2. The van der Waals surface area contributed by atoms with Crippen LogP contribution in [0, 0.1) is 11.3 Å². The first-order valence-corrected chi connectivity index (χ1v) is 11.8. The van der Waals surface area contributed by atoms with Crippen LogP contribution in [0.3, 0.4) is 0 Å². The highest BCUT2D eigenvalue weighted by Crippen LogP contribution is 2.42. The van der Waals surface area contributed by atoms with Gasteiger partial charge in [0.2, 0.25) is 5.91 Å². The van der Waals surface area contributed by atoms with E-state index >= 15 is 0 Å². The molecule has 1 saturated heterocycles. The third-order valence-electron chi connectivity index (χ3n) is 7.81. The Hall–Kier alpha value is -2.47. The van der Waals surface area contributed by atoms with E-state index in [1.807, 2.05) is 10.6 Å². The number of hydrogen-bond acceptors (Lipinski definition) is 4. The maximum Gasteiger partial charge on any atom is 0.258 e. The Kier molecular flexibility index (Phi) is 4.53. The maximum atomic E-state index is 13.4. The second-order valence-electron chi connectivity index (χ2n) is 10.1. The molecule has 0 atom stereocenters. The van der Waals surface area contributed by atoms with Crippen molar-refractivity contribution in [3.8, 4) is 0 Å². The van der Waals surface area contributed by atoms with Gasteiger partial charge in [-0.05, 0) is 36.7 Å². The summed E-state index contributed by atoms with van der Waals surface area (Å²) in [6, 6.07) is 10.5. The van der Waals surface area contributed by atoms with Gasteiger partial charge in [0.15, 0.2) is 0 Å². The van der Waals surface area contributed by atoms with E-state index in [9.17, 15) is 9.59 Å². The predicted molar refractivity (Wildman–Crippen MR) is 117 cm³/mol. The van der Waals surface area contributed by atoms with Crippen molar-refractivity contribution in [1.29, 1.82) is 0 Å². The number of amides is 1. The summed E-state index contributed by atoms with van der Waals surface area (Å²) in [6.07, 6.45) is 5.84. The molecule has 1 aliphatic carbocycles. The van der Waals surface area contributed by atoms with E-state index in [2.05, 4.69) is 34.1 Å². The number of carbonyl (C=O) groups excluding carboxylic acids is 1. The number of likely N-dealkylation sites (tertiary alicyclic amines) is 1. The minimum absolute atomic E-state index is 0.104. The average molecular weight is 419 g/mol. The third-order valence-corrected chi connectivity index (χ3v) is 7.81. The summed E-state index contributed by atoms with van der Waals surface area (Å²) in [7, 11) is 0. The SMILES string of the molecule is O=C(C1CC1)N1CCC2(CC1)Cc1nc3c(c(=O)n1C2)CN(Cc1ccccc1)CC3. The standard InChI is InChI=1S/C25H30N4O2/c30-23(19-6-7-19)28-12-9-25(10-13-28)14-22-26-21-8-11-27(15-18-4-2-1-3-5-18)16-20(21)24(31)29(22)17-25/h1-5,19H,6-17H2. The fourth-order valence-electron chi connectivity index (χ4n) is 5.75. The number of rotatable bonds is 3. The first-order chi connectivity index (χ1) is 15.1. The molecular formula is C25H30N4O2. The van der Waals surface area contributed by atoms with Crippen LogP contribution in [-0.4, -0.2) is 44.9 Å². The number of hydrogen-bond donors (Lipinski definition) is 0. The van der Waals surface area contributed by atoms with Crippen molar-refractivity contribution in [2.75, 3.05) is 19.6 Å². The highest BCUT2D eigenvalue weighted by Gasteiger charge is 2.44. The van der Waals surface area contributed by atoms with Crippen LogP contribution >= 0.6 is 0 Å². The Bertz CT molecular complexity index is 1060. The van der Waals surface area contributed by atoms with Gasteiger partial charge in [0.05, 0.1) is 11.3 Å². The van der Waals surface area contributed by atoms with Crippen LogP contribution in [-0.2, 0) is 37.3 Å². The van der Waals surface area contributed by atoms with E-state index in [-0.39, 0.29) is 11.0 Å². The van der Waals surface area contributed by atoms with E-state index in [0.29, 0.717) is 18.4 Å². The molecule has 1 aromatic carbocycles. The van der Waals surface area contributed by atoms with E-state index < -0.39 is 0 Å². The lowest BCUT2D eigenvalue weighted by Crippen LogP contribution is -2.44. The minimum atomic E-state index is 0.104. The molecule has 6 heteroatoms. The van der Waals surface area contributed by atoms with Crippen LogP contribution < -0.4 is 5.56 Å². The van der Waals surface area contributed by atoms with Gasteiger partial charge in [-0.2, -0.15) is 0 Å². The van der Waals surface area contributed by atoms with Crippen molar-refractivity contribution < 1.29 is 4.79 Å². The summed E-state index contributed by atoms with van der Waals surface area (Å²) in [5.74, 6) is 1.63. The Morgan fingerprint density at radius 2 is 1.87 bits per heavy atom. The lowest BCUT2D eigenvalue weighted by molar-refractivity contribution is -0.134. The lowest BCUT2D eigenvalue weighted by Gasteiger charge is -2.38. The lowest BCUT2D eigenvalue weighted by atomic mass is 9.77. The van der Waals surface area contributed by atoms with Crippen LogP contribution in [0.1, 0.15) is 48.3 Å². The summed E-state index contributed by atoms with van der Waals surface area (Å²) in [5.41, 5.74) is 3.47. The van der Waals surface area contributed by atoms with Gasteiger partial charge in [0, 0.05) is 58.0 Å². The van der Waals surface area contributed by atoms with Crippen molar-refractivity contribution in [3.63, 3.8) is 0 Å². The molecule has 0 radical (unpaired) electrons. The van der Waals surface area contributed by atoms with Crippen LogP contribution in [0.25, 0.3) is 0 Å². The molecule has 1 saturated carbocycles. The van der Waals surface area contributed by atoms with E-state index in [1.165, 1.54) is 5.56 Å². The molecule has 6 nitrogen and oxygen atoms in total. The van der Waals surface area contributed by atoms with Crippen molar-refractivity contribution >= 4 is 5.91 Å². The molecule has 1 amide bonds. The van der Waals surface area contributed by atoms with E-state index in [4.69, 9.17) is 4.98 Å². The summed E-state index contributed by atoms with van der Waals surface area (Å²) >= 11 is 0. The van der Waals surface area contributed by atoms with E-state index in [0.717, 1.165) is 88.3 Å². The van der Waals surface area contributed by atoms with Crippen LogP contribution in [0.15, 0.2) is 35.1 Å². The molecule has 2 fully saturated rings. The summed E-state index contributed by atoms with van der Waals surface area (Å²) in [4.78, 5) is 35.3. The number of piperidine rings is 1. The highest BCUT2D eigenvalue weighted by molar-refractivity contribution is 5.81. The van der Waals surface area contributed by atoms with Crippen molar-refractivity contribution in [2.24, 2.45) is 11.3 Å². The van der Waals surface area contributed by atoms with Crippen molar-refractivity contribution in [2.45, 2.75) is 58.2 Å². The van der Waals surface area contributed by atoms with Gasteiger partial charge in [-0.3, -0.25) is 19.1 Å². The molecular weight excluding hydrogens is 388 g/mol. The molecule has 162 valence electrons. The second kappa shape index (κ2) is 7.30. The molecule has 6 rings (SSSR count). The number of nitrogens with zero attached hydrogens (tertiary/aromatic N) is 4. The van der Waals surface area contributed by atoms with Crippen LogP contribution in [0.2, 0.25) is 0 Å². The fraction of sp³-hybridized carbons (Fsp3) is 0.560. The zero-order chi connectivity index (χ0) is 21.0. The molecule has 4 aliphatic rings. The second-order valence-corrected chi connectivity index (χ2v) is 10.1. The molecule has 3 aliphatic heterocycles. The zero-order valence-electron chi connectivity index (χ0n) is 18.1. The third kappa shape index (κ3) is 3.51. The molecule has 0 bridgehead atoms. The predicted octanol–water partition coefficient (Wildman–Crippen LogP) is 2.38. The largest absolute Gasteiger partial charge is 0.342 e. The van der Waals surface area contributed by atoms with Gasteiger partial charge in [-0.1, -0.05) is 30.3 Å². The molecule has 0 unspecified atom stereocenters. The summed E-state index contributed by atoms with van der Waals surface area (Å²) in [6.45, 7) is 4.95. The topological polar surface area (TPSA) is 58.4 Å². The smallest absolute Gasteiger partial charge is 0.258 e. The average Bonchev–Trinajstić information content (AvgIpc) is 3.58. The van der Waals surface area contributed by atoms with Crippen molar-refractivity contribution in [3.05, 3.63) is 63.3 Å².